The molecule has 0 unspecified atom stereocenters. The number of benzene rings is 2. The van der Waals surface area contributed by atoms with Crippen molar-refractivity contribution in [2.45, 2.75) is 0 Å². The number of hydrogen-bond donors (Lipinski definition) is 0. The predicted octanol–water partition coefficient (Wildman–Crippen LogP) is 4.25. The molecule has 0 saturated heterocycles. The van der Waals surface area contributed by atoms with Crippen molar-refractivity contribution in [3.63, 3.8) is 0 Å². The van der Waals surface area contributed by atoms with E-state index in [1.54, 1.807) is 7.11 Å². The maximum Gasteiger partial charge on any atom is 0.139 e. The molecule has 80 valence electrons. The Balaban J connectivity index is 2.52. The number of fused-ring (bicyclic) bond motifs is 3. The first-order chi connectivity index (χ1) is 7.79. The quantitative estimate of drug-likeness (QED) is 0.626. The third-order valence-electron chi connectivity index (χ3n) is 2.64. The fraction of sp³-hybridized carbons (Fsp3) is 0.0769. The van der Waals surface area contributed by atoms with E-state index in [0.717, 1.165) is 27.7 Å². The summed E-state index contributed by atoms with van der Waals surface area (Å²) in [7, 11) is 1.66. The van der Waals surface area contributed by atoms with E-state index in [9.17, 15) is 0 Å². The minimum atomic E-state index is 0.672. The summed E-state index contributed by atoms with van der Waals surface area (Å²) in [6.07, 6.45) is 0. The molecule has 0 radical (unpaired) electrons. The number of rotatable bonds is 1. The van der Waals surface area contributed by atoms with Crippen LogP contribution in [-0.2, 0) is 0 Å². The standard InChI is InChI=1S/C13H9ClO2/c1-15-10-3-2-4-11-13(10)9-6-5-8(14)7-12(9)16-11/h2-7H,1H3. The molecule has 2 nitrogen and oxygen atoms in total. The molecule has 2 aromatic carbocycles. The Labute approximate surface area is 97.4 Å². The summed E-state index contributed by atoms with van der Waals surface area (Å²) in [5.74, 6) is 0.818. The number of hydrogen-bond acceptors (Lipinski definition) is 2. The molecular formula is C13H9ClO2. The average Bonchev–Trinajstić information content (AvgIpc) is 2.65. The van der Waals surface area contributed by atoms with Crippen molar-refractivity contribution in [2.24, 2.45) is 0 Å². The van der Waals surface area contributed by atoms with Gasteiger partial charge in [-0.25, -0.2) is 0 Å². The van der Waals surface area contributed by atoms with Crippen molar-refractivity contribution in [3.8, 4) is 5.75 Å². The second-order valence-electron chi connectivity index (χ2n) is 3.58. The molecule has 1 heterocycles. The van der Waals surface area contributed by atoms with Crippen molar-refractivity contribution in [2.75, 3.05) is 7.11 Å². The van der Waals surface area contributed by atoms with Crippen molar-refractivity contribution in [3.05, 3.63) is 41.4 Å². The third-order valence-corrected chi connectivity index (χ3v) is 2.88. The summed E-state index contributed by atoms with van der Waals surface area (Å²) in [6.45, 7) is 0. The molecule has 1 aromatic heterocycles. The predicted molar refractivity (Wildman–Crippen MR) is 65.3 cm³/mol. The van der Waals surface area contributed by atoms with Gasteiger partial charge in [0.05, 0.1) is 12.5 Å². The van der Waals surface area contributed by atoms with Crippen molar-refractivity contribution in [1.29, 1.82) is 0 Å². The van der Waals surface area contributed by atoms with Gasteiger partial charge in [-0.1, -0.05) is 17.7 Å². The van der Waals surface area contributed by atoms with Gasteiger partial charge in [-0.05, 0) is 24.3 Å². The summed E-state index contributed by atoms with van der Waals surface area (Å²) in [6, 6.07) is 11.4. The zero-order chi connectivity index (χ0) is 11.1. The van der Waals surface area contributed by atoms with Crippen LogP contribution in [-0.4, -0.2) is 7.11 Å². The van der Waals surface area contributed by atoms with Crippen LogP contribution in [0.15, 0.2) is 40.8 Å². The lowest BCUT2D eigenvalue weighted by Crippen LogP contribution is -1.82. The van der Waals surface area contributed by atoms with E-state index < -0.39 is 0 Å². The van der Waals surface area contributed by atoms with Gasteiger partial charge in [0.1, 0.15) is 16.9 Å². The Morgan fingerprint density at radius 2 is 2.00 bits per heavy atom. The highest BCUT2D eigenvalue weighted by Crippen LogP contribution is 2.36. The van der Waals surface area contributed by atoms with Crippen LogP contribution in [0, 0.1) is 0 Å². The van der Waals surface area contributed by atoms with Gasteiger partial charge in [-0.15, -0.1) is 0 Å². The molecule has 0 bridgehead atoms. The largest absolute Gasteiger partial charge is 0.496 e. The molecule has 0 saturated carbocycles. The number of methoxy groups -OCH3 is 1. The summed E-state index contributed by atoms with van der Waals surface area (Å²) in [5.41, 5.74) is 1.60. The molecule has 0 N–H and O–H groups in total. The monoisotopic (exact) mass is 232 g/mol. The van der Waals surface area contributed by atoms with E-state index in [1.807, 2.05) is 36.4 Å². The number of halogens is 1. The zero-order valence-electron chi connectivity index (χ0n) is 8.66. The number of furan rings is 1. The van der Waals surface area contributed by atoms with Crippen molar-refractivity contribution >= 4 is 33.5 Å². The lowest BCUT2D eigenvalue weighted by molar-refractivity contribution is 0.420. The lowest BCUT2D eigenvalue weighted by atomic mass is 10.1. The molecule has 3 aromatic rings. The van der Waals surface area contributed by atoms with E-state index in [2.05, 4.69) is 0 Å². The van der Waals surface area contributed by atoms with Gasteiger partial charge in [-0.2, -0.15) is 0 Å². The van der Waals surface area contributed by atoms with Gasteiger partial charge in [0.25, 0.3) is 0 Å². The van der Waals surface area contributed by atoms with Gasteiger partial charge in [-0.3, -0.25) is 0 Å². The highest BCUT2D eigenvalue weighted by atomic mass is 35.5. The Hall–Kier alpha value is -1.67. The molecule has 0 fully saturated rings. The summed E-state index contributed by atoms with van der Waals surface area (Å²) in [5, 5.41) is 2.69. The summed E-state index contributed by atoms with van der Waals surface area (Å²) < 4.78 is 11.0. The molecule has 3 heteroatoms. The first kappa shape index (κ1) is 9.55. The molecule has 0 spiro atoms. The van der Waals surface area contributed by atoms with Crippen LogP contribution in [0.25, 0.3) is 21.9 Å². The second-order valence-corrected chi connectivity index (χ2v) is 4.01. The van der Waals surface area contributed by atoms with E-state index >= 15 is 0 Å². The molecular weight excluding hydrogens is 224 g/mol. The Kier molecular flexibility index (Phi) is 2.04. The maximum atomic E-state index is 5.93. The lowest BCUT2D eigenvalue weighted by Gasteiger charge is -1.99. The van der Waals surface area contributed by atoms with Crippen LogP contribution >= 0.6 is 11.6 Å². The van der Waals surface area contributed by atoms with Gasteiger partial charge >= 0.3 is 0 Å². The molecule has 3 rings (SSSR count). The van der Waals surface area contributed by atoms with Gasteiger partial charge in [0, 0.05) is 16.5 Å². The zero-order valence-corrected chi connectivity index (χ0v) is 9.41. The van der Waals surface area contributed by atoms with E-state index in [0.29, 0.717) is 5.02 Å². The normalized spacial score (nSPS) is 11.1. The average molecular weight is 233 g/mol. The fourth-order valence-corrected chi connectivity index (χ4v) is 2.10. The van der Waals surface area contributed by atoms with Crippen LogP contribution in [0.1, 0.15) is 0 Å². The molecule has 0 atom stereocenters. The molecule has 0 aliphatic carbocycles. The molecule has 16 heavy (non-hydrogen) atoms. The summed E-state index contributed by atoms with van der Waals surface area (Å²) >= 11 is 5.93. The van der Waals surface area contributed by atoms with Gasteiger partial charge in [0.15, 0.2) is 0 Å². The van der Waals surface area contributed by atoms with Gasteiger partial charge < -0.3 is 9.15 Å². The SMILES string of the molecule is COc1cccc2oc3cc(Cl)ccc3c12. The maximum absolute atomic E-state index is 5.93. The first-order valence-corrected chi connectivity index (χ1v) is 5.32. The highest BCUT2D eigenvalue weighted by Gasteiger charge is 2.11. The van der Waals surface area contributed by atoms with Crippen LogP contribution in [0.2, 0.25) is 5.02 Å². The van der Waals surface area contributed by atoms with Crippen molar-refractivity contribution < 1.29 is 9.15 Å². The molecule has 0 aliphatic rings. The Morgan fingerprint density at radius 1 is 1.12 bits per heavy atom. The van der Waals surface area contributed by atoms with Crippen LogP contribution in [0.5, 0.6) is 5.75 Å². The topological polar surface area (TPSA) is 22.4 Å². The van der Waals surface area contributed by atoms with E-state index in [4.69, 9.17) is 20.8 Å². The number of ether oxygens (including phenoxy) is 1. The van der Waals surface area contributed by atoms with Crippen LogP contribution < -0.4 is 4.74 Å². The van der Waals surface area contributed by atoms with Gasteiger partial charge in [0.2, 0.25) is 0 Å². The smallest absolute Gasteiger partial charge is 0.139 e. The molecule has 0 amide bonds. The van der Waals surface area contributed by atoms with E-state index in [1.165, 1.54) is 0 Å². The highest BCUT2D eigenvalue weighted by molar-refractivity contribution is 6.31. The first-order valence-electron chi connectivity index (χ1n) is 4.94. The third kappa shape index (κ3) is 1.27. The Morgan fingerprint density at radius 3 is 2.81 bits per heavy atom. The fourth-order valence-electron chi connectivity index (χ4n) is 1.94. The minimum Gasteiger partial charge on any atom is -0.496 e. The summed E-state index contributed by atoms with van der Waals surface area (Å²) in [4.78, 5) is 0. The Bertz CT molecular complexity index is 670. The molecule has 0 aliphatic heterocycles. The van der Waals surface area contributed by atoms with Crippen LogP contribution in [0.3, 0.4) is 0 Å². The van der Waals surface area contributed by atoms with E-state index in [-0.39, 0.29) is 0 Å². The van der Waals surface area contributed by atoms with Crippen LogP contribution in [0.4, 0.5) is 0 Å². The minimum absolute atomic E-state index is 0.672. The van der Waals surface area contributed by atoms with Crippen molar-refractivity contribution in [1.82, 2.24) is 0 Å². The second kappa shape index (κ2) is 3.42.